The highest BCUT2D eigenvalue weighted by molar-refractivity contribution is 6.31. The summed E-state index contributed by atoms with van der Waals surface area (Å²) in [6.07, 6.45) is -4.85. The molecule has 5 N–H and O–H groups in total. The van der Waals surface area contributed by atoms with Gasteiger partial charge in [-0.15, -0.1) is 0 Å². The molecule has 1 aliphatic carbocycles. The van der Waals surface area contributed by atoms with Crippen LogP contribution < -0.4 is 4.74 Å². The zero-order valence-electron chi connectivity index (χ0n) is 18.0. The van der Waals surface area contributed by atoms with E-state index < -0.39 is 43.2 Å². The fourth-order valence-electron chi connectivity index (χ4n) is 3.86. The Morgan fingerprint density at radius 3 is 2.36 bits per heavy atom. The van der Waals surface area contributed by atoms with Crippen LogP contribution in [0.3, 0.4) is 0 Å². The van der Waals surface area contributed by atoms with Crippen LogP contribution >= 0.6 is 11.6 Å². The van der Waals surface area contributed by atoms with E-state index in [4.69, 9.17) is 25.8 Å². The lowest BCUT2D eigenvalue weighted by Gasteiger charge is -2.40. The molecule has 180 valence electrons. The molecule has 1 heterocycles. The van der Waals surface area contributed by atoms with Crippen LogP contribution in [0, 0.1) is 0 Å². The monoisotopic (exact) mass is 480 g/mol. The molecule has 2 aliphatic rings. The smallest absolute Gasteiger partial charge is 0.119 e. The Morgan fingerprint density at radius 2 is 1.70 bits per heavy atom. The third-order valence-electron chi connectivity index (χ3n) is 5.96. The summed E-state index contributed by atoms with van der Waals surface area (Å²) in [6, 6.07) is 11.7. The van der Waals surface area contributed by atoms with Gasteiger partial charge in [-0.3, -0.25) is 0 Å². The summed E-state index contributed by atoms with van der Waals surface area (Å²) in [7, 11) is 0. The second-order valence-corrected chi connectivity index (χ2v) is 8.83. The first-order chi connectivity index (χ1) is 15.9. The largest absolute Gasteiger partial charge is 0.491 e. The predicted molar refractivity (Wildman–Crippen MR) is 119 cm³/mol. The molecule has 2 aromatic carbocycles. The Balaban J connectivity index is 1.46. The van der Waals surface area contributed by atoms with Gasteiger partial charge in [0.05, 0.1) is 19.3 Å². The number of hydrogen-bond acceptors (Lipinski definition) is 8. The van der Waals surface area contributed by atoms with Gasteiger partial charge in [-0.2, -0.15) is 0 Å². The molecule has 1 saturated carbocycles. The average Bonchev–Trinajstić information content (AvgIpc) is 3.66. The predicted octanol–water partition coefficient (Wildman–Crippen LogP) is 1.49. The molecule has 2 fully saturated rings. The third-order valence-corrected chi connectivity index (χ3v) is 6.31. The Hall–Kier alpha value is -1.75. The fraction of sp³-hybridized carbons (Fsp3) is 0.500. The molecule has 8 nitrogen and oxygen atoms in total. The number of aliphatic hydroxyl groups excluding tert-OH is 5. The first-order valence-corrected chi connectivity index (χ1v) is 11.4. The topological polar surface area (TPSA) is 129 Å². The van der Waals surface area contributed by atoms with Crippen molar-refractivity contribution in [2.24, 2.45) is 0 Å². The van der Waals surface area contributed by atoms with Crippen molar-refractivity contribution in [3.63, 3.8) is 0 Å². The number of hydrogen-bond donors (Lipinski definition) is 5. The molecule has 1 saturated heterocycles. The van der Waals surface area contributed by atoms with E-state index in [1.54, 1.807) is 42.5 Å². The third kappa shape index (κ3) is 5.67. The van der Waals surface area contributed by atoms with E-state index >= 15 is 0 Å². The maximum atomic E-state index is 10.9. The van der Waals surface area contributed by atoms with Gasteiger partial charge >= 0.3 is 0 Å². The van der Waals surface area contributed by atoms with E-state index in [0.29, 0.717) is 46.8 Å². The lowest BCUT2D eigenvalue weighted by molar-refractivity contribution is -0.231. The number of halogens is 1. The van der Waals surface area contributed by atoms with E-state index in [1.807, 2.05) is 0 Å². The molecular formula is C24H29ClO8. The summed E-state index contributed by atoms with van der Waals surface area (Å²) in [4.78, 5) is 0. The summed E-state index contributed by atoms with van der Waals surface area (Å²) in [5.74, 6) is 0.659. The number of ether oxygens (including phenoxy) is 3. The molecule has 0 spiro atoms. The van der Waals surface area contributed by atoms with Crippen molar-refractivity contribution in [3.05, 3.63) is 64.2 Å². The standard InChI is InChI=1S/C24H29ClO8/c25-18-8-3-14(24-23(30)22(29)21(28)19(12-26)33-24)11-17(18)20(27)13-1-4-15(5-2-13)31-9-10-32-16-6-7-16/h1-5,8,11,16,19-24,26-30H,6-7,9-10,12H2/t19-,20?,21-,22+,23-,24-/m1/s1. The van der Waals surface area contributed by atoms with E-state index in [-0.39, 0.29) is 0 Å². The van der Waals surface area contributed by atoms with E-state index in [2.05, 4.69) is 0 Å². The van der Waals surface area contributed by atoms with Gasteiger partial charge in [-0.25, -0.2) is 0 Å². The second-order valence-electron chi connectivity index (χ2n) is 8.42. The molecular weight excluding hydrogens is 452 g/mol. The summed E-state index contributed by atoms with van der Waals surface area (Å²) in [5.41, 5.74) is 1.42. The van der Waals surface area contributed by atoms with Crippen molar-refractivity contribution in [1.29, 1.82) is 0 Å². The van der Waals surface area contributed by atoms with Crippen LogP contribution in [-0.2, 0) is 9.47 Å². The van der Waals surface area contributed by atoms with Gasteiger partial charge in [-0.05, 0) is 48.2 Å². The number of rotatable bonds is 9. The quantitative estimate of drug-likeness (QED) is 0.341. The Morgan fingerprint density at radius 1 is 0.970 bits per heavy atom. The Kier molecular flexibility index (Phi) is 7.88. The number of benzene rings is 2. The summed E-state index contributed by atoms with van der Waals surface area (Å²) in [6.45, 7) is 0.465. The average molecular weight is 481 g/mol. The zero-order valence-corrected chi connectivity index (χ0v) is 18.7. The summed E-state index contributed by atoms with van der Waals surface area (Å²) < 4.78 is 16.8. The van der Waals surface area contributed by atoms with Gasteiger partial charge in [0.25, 0.3) is 0 Å². The molecule has 0 amide bonds. The Labute approximate surface area is 196 Å². The van der Waals surface area contributed by atoms with Gasteiger partial charge in [0.15, 0.2) is 0 Å². The minimum Gasteiger partial charge on any atom is -0.491 e. The van der Waals surface area contributed by atoms with Gasteiger partial charge in [0, 0.05) is 10.6 Å². The molecule has 0 aromatic heterocycles. The normalized spacial score (nSPS) is 28.5. The van der Waals surface area contributed by atoms with Crippen molar-refractivity contribution in [1.82, 2.24) is 0 Å². The Bertz CT molecular complexity index is 917. The minimum absolute atomic E-state index is 0.313. The van der Waals surface area contributed by atoms with Gasteiger partial charge in [0.1, 0.15) is 49.0 Å². The van der Waals surface area contributed by atoms with Crippen LogP contribution in [0.5, 0.6) is 5.75 Å². The van der Waals surface area contributed by atoms with E-state index in [9.17, 15) is 25.5 Å². The summed E-state index contributed by atoms with van der Waals surface area (Å²) >= 11 is 6.34. The molecule has 4 rings (SSSR count). The van der Waals surface area contributed by atoms with Crippen LogP contribution in [0.2, 0.25) is 5.02 Å². The van der Waals surface area contributed by atoms with Crippen molar-refractivity contribution in [2.45, 2.75) is 55.6 Å². The molecule has 6 atom stereocenters. The van der Waals surface area contributed by atoms with Crippen LogP contribution in [-0.4, -0.2) is 75.9 Å². The second kappa shape index (κ2) is 10.7. The first-order valence-electron chi connectivity index (χ1n) is 11.0. The maximum Gasteiger partial charge on any atom is 0.119 e. The van der Waals surface area contributed by atoms with Gasteiger partial charge < -0.3 is 39.7 Å². The summed E-state index contributed by atoms with van der Waals surface area (Å²) in [5, 5.41) is 51.2. The van der Waals surface area contributed by atoms with Crippen LogP contribution in [0.1, 0.15) is 41.7 Å². The number of aliphatic hydroxyl groups is 5. The fourth-order valence-corrected chi connectivity index (χ4v) is 4.08. The highest BCUT2D eigenvalue weighted by Gasteiger charge is 2.44. The lowest BCUT2D eigenvalue weighted by Crippen LogP contribution is -2.55. The molecule has 9 heteroatoms. The lowest BCUT2D eigenvalue weighted by atomic mass is 9.89. The molecule has 0 bridgehead atoms. The van der Waals surface area contributed by atoms with Gasteiger partial charge in [0.2, 0.25) is 0 Å². The highest BCUT2D eigenvalue weighted by Crippen LogP contribution is 2.36. The minimum atomic E-state index is -1.49. The first kappa shape index (κ1) is 24.4. The molecule has 33 heavy (non-hydrogen) atoms. The molecule has 0 radical (unpaired) electrons. The van der Waals surface area contributed by atoms with Crippen LogP contribution in [0.15, 0.2) is 42.5 Å². The van der Waals surface area contributed by atoms with Gasteiger partial charge in [-0.1, -0.05) is 29.8 Å². The van der Waals surface area contributed by atoms with Crippen LogP contribution in [0.25, 0.3) is 0 Å². The SMILES string of the molecule is OC[C@H]1O[C@H](c2ccc(Cl)c(C(O)c3ccc(OCCOC4CC4)cc3)c2)[C@H](O)[C@@H](O)[C@@H]1O. The van der Waals surface area contributed by atoms with Crippen molar-refractivity contribution in [2.75, 3.05) is 19.8 Å². The highest BCUT2D eigenvalue weighted by atomic mass is 35.5. The van der Waals surface area contributed by atoms with Crippen molar-refractivity contribution in [3.8, 4) is 5.75 Å². The van der Waals surface area contributed by atoms with Crippen molar-refractivity contribution >= 4 is 11.6 Å². The zero-order chi connectivity index (χ0) is 23.5. The van der Waals surface area contributed by atoms with Crippen molar-refractivity contribution < 1.29 is 39.7 Å². The van der Waals surface area contributed by atoms with E-state index in [1.165, 1.54) is 0 Å². The van der Waals surface area contributed by atoms with E-state index in [0.717, 1.165) is 12.8 Å². The van der Waals surface area contributed by atoms with Crippen LogP contribution in [0.4, 0.5) is 0 Å². The molecule has 1 unspecified atom stereocenters. The molecule has 1 aliphatic heterocycles. The maximum absolute atomic E-state index is 10.9. The molecule has 2 aromatic rings.